The predicted octanol–water partition coefficient (Wildman–Crippen LogP) is 3.84. The van der Waals surface area contributed by atoms with Crippen molar-refractivity contribution in [3.05, 3.63) is 65.8 Å². The van der Waals surface area contributed by atoms with Crippen LogP contribution in [0.25, 0.3) is 11.3 Å². The van der Waals surface area contributed by atoms with Crippen molar-refractivity contribution in [1.29, 1.82) is 0 Å². The van der Waals surface area contributed by atoms with Gasteiger partial charge in [0.1, 0.15) is 5.69 Å². The molecule has 0 radical (unpaired) electrons. The van der Waals surface area contributed by atoms with Gasteiger partial charge in [-0.2, -0.15) is 0 Å². The molecule has 3 aromatic rings. The van der Waals surface area contributed by atoms with Crippen molar-refractivity contribution in [1.82, 2.24) is 19.9 Å². The quantitative estimate of drug-likeness (QED) is 0.648. The van der Waals surface area contributed by atoms with Crippen LogP contribution in [0, 0.1) is 0 Å². The summed E-state index contributed by atoms with van der Waals surface area (Å²) in [6.07, 6.45) is 2.03. The van der Waals surface area contributed by atoms with E-state index in [-0.39, 0.29) is 12.4 Å². The van der Waals surface area contributed by atoms with E-state index in [1.54, 1.807) is 0 Å². The average Bonchev–Trinajstić information content (AvgIpc) is 3.17. The smallest absolute Gasteiger partial charge is 0.113 e. The van der Waals surface area contributed by atoms with E-state index in [4.69, 9.17) is 11.6 Å². The zero-order chi connectivity index (χ0) is 17.8. The van der Waals surface area contributed by atoms with Gasteiger partial charge in [0.05, 0.1) is 12.7 Å². The summed E-state index contributed by atoms with van der Waals surface area (Å²) < 4.78 is 1.94. The van der Waals surface area contributed by atoms with Gasteiger partial charge in [-0.3, -0.25) is 9.58 Å². The maximum Gasteiger partial charge on any atom is 0.113 e. The lowest BCUT2D eigenvalue weighted by Crippen LogP contribution is -2.47. The molecule has 2 heterocycles. The van der Waals surface area contributed by atoms with Crippen LogP contribution in [-0.4, -0.2) is 52.6 Å². The largest absolute Gasteiger partial charge is 0.369 e. The fourth-order valence-corrected chi connectivity index (χ4v) is 3.48. The number of nitrogens with zero attached hydrogens (tertiary/aromatic N) is 5. The Morgan fingerprint density at radius 2 is 1.67 bits per heavy atom. The summed E-state index contributed by atoms with van der Waals surface area (Å²) in [6.45, 7) is 5.98. The molecule has 5 nitrogen and oxygen atoms in total. The maximum absolute atomic E-state index is 6.10. The van der Waals surface area contributed by atoms with E-state index >= 15 is 0 Å². The van der Waals surface area contributed by atoms with Gasteiger partial charge in [0.2, 0.25) is 0 Å². The molecule has 142 valence electrons. The first-order chi connectivity index (χ1) is 12.8. The van der Waals surface area contributed by atoms with Crippen LogP contribution in [0.5, 0.6) is 0 Å². The standard InChI is InChI=1S/C20H22ClN5.ClH/c21-18-7-4-8-19(15-18)25-12-9-24(10-13-25)11-14-26-16-20(22-23-26)17-5-2-1-3-6-17;/h1-8,15-16H,9-14H2;1H. The summed E-state index contributed by atoms with van der Waals surface area (Å²) in [6, 6.07) is 18.3. The van der Waals surface area contributed by atoms with E-state index in [1.165, 1.54) is 5.69 Å². The second kappa shape index (κ2) is 9.22. The number of hydrogen-bond acceptors (Lipinski definition) is 4. The number of aromatic nitrogens is 3. The normalized spacial score (nSPS) is 14.8. The van der Waals surface area contributed by atoms with Gasteiger partial charge in [-0.1, -0.05) is 53.2 Å². The third kappa shape index (κ3) is 5.01. The van der Waals surface area contributed by atoms with Gasteiger partial charge < -0.3 is 4.90 Å². The Hall–Kier alpha value is -2.08. The molecular weight excluding hydrogens is 381 g/mol. The Kier molecular flexibility index (Phi) is 6.72. The van der Waals surface area contributed by atoms with Crippen LogP contribution < -0.4 is 4.90 Å². The topological polar surface area (TPSA) is 37.2 Å². The molecule has 27 heavy (non-hydrogen) atoms. The molecule has 0 aliphatic carbocycles. The zero-order valence-electron chi connectivity index (χ0n) is 15.0. The summed E-state index contributed by atoms with van der Waals surface area (Å²) in [5, 5.41) is 9.34. The van der Waals surface area contributed by atoms with Crippen LogP contribution in [0.1, 0.15) is 0 Å². The van der Waals surface area contributed by atoms with Gasteiger partial charge in [0.15, 0.2) is 0 Å². The molecule has 0 saturated carbocycles. The minimum absolute atomic E-state index is 0. The van der Waals surface area contributed by atoms with Gasteiger partial charge in [-0.15, -0.1) is 17.5 Å². The molecule has 1 aliphatic heterocycles. The zero-order valence-corrected chi connectivity index (χ0v) is 16.6. The van der Waals surface area contributed by atoms with Gasteiger partial charge in [0, 0.05) is 49.0 Å². The Balaban J connectivity index is 0.00000210. The maximum atomic E-state index is 6.10. The lowest BCUT2D eigenvalue weighted by Gasteiger charge is -2.36. The lowest BCUT2D eigenvalue weighted by atomic mass is 10.2. The number of hydrogen-bond donors (Lipinski definition) is 0. The Labute approximate surface area is 171 Å². The highest BCUT2D eigenvalue weighted by atomic mass is 35.5. The highest BCUT2D eigenvalue weighted by molar-refractivity contribution is 6.30. The summed E-state index contributed by atoms with van der Waals surface area (Å²) in [4.78, 5) is 4.87. The molecule has 1 aliphatic rings. The number of benzene rings is 2. The summed E-state index contributed by atoms with van der Waals surface area (Å²) in [5.74, 6) is 0. The minimum atomic E-state index is 0. The Morgan fingerprint density at radius 1 is 0.889 bits per heavy atom. The number of anilines is 1. The number of rotatable bonds is 5. The van der Waals surface area contributed by atoms with Crippen LogP contribution in [0.4, 0.5) is 5.69 Å². The van der Waals surface area contributed by atoms with Crippen LogP contribution in [-0.2, 0) is 6.54 Å². The first-order valence-electron chi connectivity index (χ1n) is 8.96. The van der Waals surface area contributed by atoms with E-state index in [1.807, 2.05) is 47.3 Å². The van der Waals surface area contributed by atoms with Gasteiger partial charge in [0.25, 0.3) is 0 Å². The highest BCUT2D eigenvalue weighted by Gasteiger charge is 2.17. The van der Waals surface area contributed by atoms with E-state index in [9.17, 15) is 0 Å². The predicted molar refractivity (Wildman–Crippen MR) is 113 cm³/mol. The van der Waals surface area contributed by atoms with E-state index in [0.29, 0.717) is 0 Å². The lowest BCUT2D eigenvalue weighted by molar-refractivity contribution is 0.244. The minimum Gasteiger partial charge on any atom is -0.369 e. The summed E-state index contributed by atoms with van der Waals surface area (Å²) in [5.41, 5.74) is 3.24. The second-order valence-electron chi connectivity index (χ2n) is 6.54. The van der Waals surface area contributed by atoms with E-state index in [2.05, 4.69) is 38.3 Å². The van der Waals surface area contributed by atoms with Crippen molar-refractivity contribution >= 4 is 29.7 Å². The molecule has 7 heteroatoms. The first-order valence-corrected chi connectivity index (χ1v) is 9.34. The molecule has 1 saturated heterocycles. The molecule has 0 atom stereocenters. The fraction of sp³-hybridized carbons (Fsp3) is 0.300. The van der Waals surface area contributed by atoms with Crippen LogP contribution in [0.3, 0.4) is 0 Å². The molecule has 0 bridgehead atoms. The molecule has 0 spiro atoms. The molecule has 0 unspecified atom stereocenters. The molecule has 1 aromatic heterocycles. The Morgan fingerprint density at radius 3 is 2.41 bits per heavy atom. The van der Waals surface area contributed by atoms with Crippen LogP contribution >= 0.6 is 24.0 Å². The van der Waals surface area contributed by atoms with Crippen molar-refractivity contribution in [2.24, 2.45) is 0 Å². The third-order valence-corrected chi connectivity index (χ3v) is 5.03. The Bertz CT molecular complexity index is 844. The van der Waals surface area contributed by atoms with Crippen molar-refractivity contribution in [2.45, 2.75) is 6.54 Å². The second-order valence-corrected chi connectivity index (χ2v) is 6.98. The molecule has 1 fully saturated rings. The molecule has 0 N–H and O–H groups in total. The third-order valence-electron chi connectivity index (χ3n) is 4.80. The van der Waals surface area contributed by atoms with E-state index < -0.39 is 0 Å². The summed E-state index contributed by atoms with van der Waals surface area (Å²) in [7, 11) is 0. The number of halogens is 2. The molecular formula is C20H23Cl2N5. The van der Waals surface area contributed by atoms with Crippen LogP contribution in [0.2, 0.25) is 5.02 Å². The van der Waals surface area contributed by atoms with Gasteiger partial charge >= 0.3 is 0 Å². The summed E-state index contributed by atoms with van der Waals surface area (Å²) >= 11 is 6.10. The van der Waals surface area contributed by atoms with Gasteiger partial charge in [-0.05, 0) is 18.2 Å². The molecule has 2 aromatic carbocycles. The molecule has 4 rings (SSSR count). The van der Waals surface area contributed by atoms with Crippen molar-refractivity contribution in [3.63, 3.8) is 0 Å². The van der Waals surface area contributed by atoms with Gasteiger partial charge in [-0.25, -0.2) is 0 Å². The average molecular weight is 404 g/mol. The molecule has 0 amide bonds. The highest BCUT2D eigenvalue weighted by Crippen LogP contribution is 2.21. The first kappa shape index (κ1) is 19.7. The van der Waals surface area contributed by atoms with Crippen molar-refractivity contribution in [2.75, 3.05) is 37.6 Å². The SMILES string of the molecule is Cl.Clc1cccc(N2CCN(CCn3cc(-c4ccccc4)nn3)CC2)c1. The van der Waals surface area contributed by atoms with E-state index in [0.717, 1.165) is 55.5 Å². The number of piperazine rings is 1. The van der Waals surface area contributed by atoms with Crippen molar-refractivity contribution in [3.8, 4) is 11.3 Å². The fourth-order valence-electron chi connectivity index (χ4n) is 3.30. The van der Waals surface area contributed by atoms with Crippen molar-refractivity contribution < 1.29 is 0 Å². The monoisotopic (exact) mass is 403 g/mol. The van der Waals surface area contributed by atoms with Crippen LogP contribution in [0.15, 0.2) is 60.8 Å².